The van der Waals surface area contributed by atoms with Crippen molar-refractivity contribution in [2.24, 2.45) is 5.10 Å². The summed E-state index contributed by atoms with van der Waals surface area (Å²) in [6, 6.07) is 19.5. The minimum Gasteiger partial charge on any atom is -0.455 e. The van der Waals surface area contributed by atoms with Gasteiger partial charge in [0.2, 0.25) is 0 Å². The van der Waals surface area contributed by atoms with Crippen LogP contribution < -0.4 is 10.7 Å². The second kappa shape index (κ2) is 8.16. The number of nitrogens with zero attached hydrogens (tertiary/aromatic N) is 1. The molecule has 26 heavy (non-hydrogen) atoms. The van der Waals surface area contributed by atoms with Crippen LogP contribution in [0.1, 0.15) is 16.9 Å². The molecule has 0 bridgehead atoms. The van der Waals surface area contributed by atoms with Gasteiger partial charge in [0, 0.05) is 11.3 Å². The number of nitrogens with one attached hydrogen (secondary N) is 2. The van der Waals surface area contributed by atoms with E-state index in [0.29, 0.717) is 5.76 Å². The molecular formula is C21H21N3O2. The number of hydrogen-bond donors (Lipinski definition) is 2. The lowest BCUT2D eigenvalue weighted by molar-refractivity contribution is -0.119. The van der Waals surface area contributed by atoms with Crippen LogP contribution in [-0.4, -0.2) is 18.7 Å². The molecule has 5 nitrogen and oxygen atoms in total. The van der Waals surface area contributed by atoms with Crippen LogP contribution in [0.3, 0.4) is 0 Å². The van der Waals surface area contributed by atoms with Crippen LogP contribution in [0.15, 0.2) is 70.2 Å². The van der Waals surface area contributed by atoms with E-state index in [-0.39, 0.29) is 12.5 Å². The molecule has 2 aromatic carbocycles. The van der Waals surface area contributed by atoms with Gasteiger partial charge in [-0.3, -0.25) is 4.79 Å². The molecule has 1 aromatic heterocycles. The first-order valence-corrected chi connectivity index (χ1v) is 8.40. The molecule has 2 N–H and O–H groups in total. The number of rotatable bonds is 6. The summed E-state index contributed by atoms with van der Waals surface area (Å²) in [4.78, 5) is 11.9. The van der Waals surface area contributed by atoms with Gasteiger partial charge in [-0.1, -0.05) is 36.4 Å². The highest BCUT2D eigenvalue weighted by molar-refractivity contribution is 5.83. The number of furan rings is 1. The van der Waals surface area contributed by atoms with Crippen LogP contribution in [0.25, 0.3) is 11.3 Å². The van der Waals surface area contributed by atoms with Crippen molar-refractivity contribution in [2.45, 2.75) is 13.8 Å². The van der Waals surface area contributed by atoms with Gasteiger partial charge in [0.1, 0.15) is 11.5 Å². The zero-order valence-electron chi connectivity index (χ0n) is 14.8. The number of carbonyl (C=O) groups is 1. The van der Waals surface area contributed by atoms with E-state index in [1.807, 2.05) is 67.6 Å². The zero-order valence-corrected chi connectivity index (χ0v) is 14.8. The van der Waals surface area contributed by atoms with Crippen molar-refractivity contribution in [1.82, 2.24) is 5.43 Å². The van der Waals surface area contributed by atoms with Crippen molar-refractivity contribution in [1.29, 1.82) is 0 Å². The topological polar surface area (TPSA) is 66.6 Å². The molecule has 0 aliphatic rings. The molecule has 1 amide bonds. The minimum atomic E-state index is -0.227. The summed E-state index contributed by atoms with van der Waals surface area (Å²) >= 11 is 0. The number of hydrogen-bond acceptors (Lipinski definition) is 4. The highest BCUT2D eigenvalue weighted by atomic mass is 16.3. The number of anilines is 1. The number of amides is 1. The molecule has 3 rings (SSSR count). The van der Waals surface area contributed by atoms with E-state index >= 15 is 0 Å². The average Bonchev–Trinajstić information content (AvgIpc) is 3.12. The zero-order chi connectivity index (χ0) is 18.4. The van der Waals surface area contributed by atoms with Crippen molar-refractivity contribution >= 4 is 17.8 Å². The summed E-state index contributed by atoms with van der Waals surface area (Å²) < 4.78 is 5.69. The molecule has 5 heteroatoms. The summed E-state index contributed by atoms with van der Waals surface area (Å²) in [6.07, 6.45) is 1.49. The van der Waals surface area contributed by atoms with Crippen LogP contribution in [0.5, 0.6) is 0 Å². The highest BCUT2D eigenvalue weighted by Crippen LogP contribution is 2.20. The molecule has 3 aromatic rings. The Hall–Kier alpha value is -3.34. The SMILES string of the molecule is Cc1ccc(NCC(=O)N/N=C/c2ccc(-c3ccccc3)o2)cc1C. The van der Waals surface area contributed by atoms with Gasteiger partial charge in [-0.15, -0.1) is 0 Å². The Morgan fingerprint density at radius 1 is 1.04 bits per heavy atom. The molecule has 0 atom stereocenters. The molecule has 0 saturated carbocycles. The van der Waals surface area contributed by atoms with Crippen molar-refractivity contribution in [3.05, 3.63) is 77.6 Å². The number of hydrazone groups is 1. The predicted molar refractivity (Wildman–Crippen MR) is 104 cm³/mol. The maximum atomic E-state index is 11.9. The molecule has 0 fully saturated rings. The largest absolute Gasteiger partial charge is 0.455 e. The van der Waals surface area contributed by atoms with Crippen molar-refractivity contribution < 1.29 is 9.21 Å². The van der Waals surface area contributed by atoms with Gasteiger partial charge in [-0.05, 0) is 49.2 Å². The Bertz CT molecular complexity index is 914. The molecule has 0 radical (unpaired) electrons. The fourth-order valence-corrected chi connectivity index (χ4v) is 2.42. The lowest BCUT2D eigenvalue weighted by Gasteiger charge is -2.07. The standard InChI is InChI=1S/C21H21N3O2/c1-15-8-9-18(12-16(15)2)22-14-21(25)24-23-13-19-10-11-20(26-19)17-6-4-3-5-7-17/h3-13,22H,14H2,1-2H3,(H,24,25)/b23-13+. The van der Waals surface area contributed by atoms with Crippen molar-refractivity contribution in [3.63, 3.8) is 0 Å². The minimum absolute atomic E-state index is 0.146. The lowest BCUT2D eigenvalue weighted by atomic mass is 10.1. The second-order valence-corrected chi connectivity index (χ2v) is 6.01. The quantitative estimate of drug-likeness (QED) is 0.520. The number of carbonyl (C=O) groups excluding carboxylic acids is 1. The molecule has 1 heterocycles. The molecule has 0 saturated heterocycles. The Morgan fingerprint density at radius 3 is 2.62 bits per heavy atom. The summed E-state index contributed by atoms with van der Waals surface area (Å²) in [5.74, 6) is 1.11. The fraction of sp³-hybridized carbons (Fsp3) is 0.143. The first-order chi connectivity index (χ1) is 12.6. The average molecular weight is 347 g/mol. The van der Waals surface area contributed by atoms with Gasteiger partial charge in [0.15, 0.2) is 0 Å². The van der Waals surface area contributed by atoms with Crippen molar-refractivity contribution in [2.75, 3.05) is 11.9 Å². The Labute approximate surface area is 152 Å². The maximum absolute atomic E-state index is 11.9. The van der Waals surface area contributed by atoms with Crippen LogP contribution in [-0.2, 0) is 4.79 Å². The van der Waals surface area contributed by atoms with E-state index in [2.05, 4.69) is 22.8 Å². The summed E-state index contributed by atoms with van der Waals surface area (Å²) in [6.45, 7) is 4.24. The van der Waals surface area contributed by atoms with Gasteiger partial charge in [-0.25, -0.2) is 5.43 Å². The summed E-state index contributed by atoms with van der Waals surface area (Å²) in [5.41, 5.74) is 6.79. The van der Waals surface area contributed by atoms with Gasteiger partial charge in [0.25, 0.3) is 5.91 Å². The van der Waals surface area contributed by atoms with E-state index in [1.54, 1.807) is 0 Å². The number of benzene rings is 2. The predicted octanol–water partition coefficient (Wildman–Crippen LogP) is 4.13. The third-order valence-electron chi connectivity index (χ3n) is 4.03. The lowest BCUT2D eigenvalue weighted by Crippen LogP contribution is -2.25. The molecule has 0 aliphatic carbocycles. The first-order valence-electron chi connectivity index (χ1n) is 8.40. The van der Waals surface area contributed by atoms with Gasteiger partial charge in [-0.2, -0.15) is 5.10 Å². The van der Waals surface area contributed by atoms with Gasteiger partial charge in [0.05, 0.1) is 12.8 Å². The molecule has 0 unspecified atom stereocenters. The fourth-order valence-electron chi connectivity index (χ4n) is 2.42. The molecule has 0 spiro atoms. The van der Waals surface area contributed by atoms with E-state index in [0.717, 1.165) is 17.0 Å². The van der Waals surface area contributed by atoms with Gasteiger partial charge >= 0.3 is 0 Å². The smallest absolute Gasteiger partial charge is 0.259 e. The number of aryl methyl sites for hydroxylation is 2. The Kier molecular flexibility index (Phi) is 5.49. The summed E-state index contributed by atoms with van der Waals surface area (Å²) in [7, 11) is 0. The Balaban J connectivity index is 1.50. The summed E-state index contributed by atoms with van der Waals surface area (Å²) in [5, 5.41) is 7.01. The van der Waals surface area contributed by atoms with Crippen LogP contribution in [0.4, 0.5) is 5.69 Å². The molecule has 0 aliphatic heterocycles. The van der Waals surface area contributed by atoms with Crippen LogP contribution in [0, 0.1) is 13.8 Å². The van der Waals surface area contributed by atoms with Gasteiger partial charge < -0.3 is 9.73 Å². The molecular weight excluding hydrogens is 326 g/mol. The van der Waals surface area contributed by atoms with Crippen LogP contribution in [0.2, 0.25) is 0 Å². The van der Waals surface area contributed by atoms with Crippen LogP contribution >= 0.6 is 0 Å². The first kappa shape index (κ1) is 17.5. The second-order valence-electron chi connectivity index (χ2n) is 6.01. The normalized spacial score (nSPS) is 10.8. The monoisotopic (exact) mass is 347 g/mol. The Morgan fingerprint density at radius 2 is 1.85 bits per heavy atom. The maximum Gasteiger partial charge on any atom is 0.259 e. The molecule has 132 valence electrons. The van der Waals surface area contributed by atoms with Crippen molar-refractivity contribution in [3.8, 4) is 11.3 Å². The third-order valence-corrected chi connectivity index (χ3v) is 4.03. The highest BCUT2D eigenvalue weighted by Gasteiger charge is 2.03. The van der Waals surface area contributed by atoms with E-state index in [9.17, 15) is 4.79 Å². The third kappa shape index (κ3) is 4.60. The van der Waals surface area contributed by atoms with E-state index in [1.165, 1.54) is 17.3 Å². The van der Waals surface area contributed by atoms with E-state index < -0.39 is 0 Å². The van der Waals surface area contributed by atoms with E-state index in [4.69, 9.17) is 4.42 Å².